The second-order valence-electron chi connectivity index (χ2n) is 7.88. The number of hydrogen-bond acceptors (Lipinski definition) is 4. The van der Waals surface area contributed by atoms with Crippen LogP contribution in [0, 0.1) is 12.3 Å². The van der Waals surface area contributed by atoms with Crippen LogP contribution in [-0.4, -0.2) is 48.7 Å². The molecule has 1 N–H and O–H groups in total. The van der Waals surface area contributed by atoms with Crippen LogP contribution < -0.4 is 0 Å². The lowest BCUT2D eigenvalue weighted by Gasteiger charge is -2.23. The molecule has 0 saturated carbocycles. The van der Waals surface area contributed by atoms with Gasteiger partial charge in [0.05, 0.1) is 19.3 Å². The number of furan rings is 1. The second-order valence-corrected chi connectivity index (χ2v) is 7.88. The summed E-state index contributed by atoms with van der Waals surface area (Å²) in [6.45, 7) is 7.07. The van der Waals surface area contributed by atoms with Crippen LogP contribution in [0.1, 0.15) is 42.9 Å². The lowest BCUT2D eigenvalue weighted by Crippen LogP contribution is -2.40. The van der Waals surface area contributed by atoms with Crippen molar-refractivity contribution in [2.75, 3.05) is 26.8 Å². The Morgan fingerprint density at radius 1 is 1.37 bits per heavy atom. The highest BCUT2D eigenvalue weighted by Gasteiger charge is 2.46. The second kappa shape index (κ2) is 7.35. The summed E-state index contributed by atoms with van der Waals surface area (Å²) >= 11 is 0. The lowest BCUT2D eigenvalue weighted by atomic mass is 9.88. The number of carboxylic acid groups (broad SMARTS) is 1. The molecule has 1 aromatic carbocycles. The van der Waals surface area contributed by atoms with Gasteiger partial charge in [-0.3, -0.25) is 9.59 Å². The fraction of sp³-hybridized carbons (Fsp3) is 0.524. The first-order chi connectivity index (χ1) is 12.8. The van der Waals surface area contributed by atoms with E-state index in [0.29, 0.717) is 18.9 Å². The van der Waals surface area contributed by atoms with Gasteiger partial charge in [0.1, 0.15) is 11.0 Å². The topological polar surface area (TPSA) is 80.0 Å². The highest BCUT2D eigenvalue weighted by Crippen LogP contribution is 2.33. The zero-order valence-electron chi connectivity index (χ0n) is 16.4. The summed E-state index contributed by atoms with van der Waals surface area (Å²) in [6, 6.07) is 4.13. The minimum atomic E-state index is -1.01. The highest BCUT2D eigenvalue weighted by atomic mass is 16.5. The predicted octanol–water partition coefficient (Wildman–Crippen LogP) is 3.36. The summed E-state index contributed by atoms with van der Waals surface area (Å²) in [5.74, 6) is -0.606. The quantitative estimate of drug-likeness (QED) is 0.840. The van der Waals surface area contributed by atoms with Crippen LogP contribution in [0.3, 0.4) is 0 Å². The average molecular weight is 373 g/mol. The number of hydrogen-bond donors (Lipinski definition) is 1. The maximum absolute atomic E-state index is 12.8. The van der Waals surface area contributed by atoms with Gasteiger partial charge in [-0.1, -0.05) is 13.8 Å². The van der Waals surface area contributed by atoms with Crippen molar-refractivity contribution in [2.45, 2.75) is 39.5 Å². The van der Waals surface area contributed by atoms with E-state index >= 15 is 0 Å². The van der Waals surface area contributed by atoms with E-state index in [4.69, 9.17) is 9.15 Å². The molecule has 6 heteroatoms. The molecule has 146 valence electrons. The molecule has 0 aliphatic carbocycles. The van der Waals surface area contributed by atoms with Crippen molar-refractivity contribution in [3.8, 4) is 0 Å². The Bertz CT molecular complexity index is 869. The van der Waals surface area contributed by atoms with Gasteiger partial charge < -0.3 is 19.2 Å². The Morgan fingerprint density at radius 3 is 2.74 bits per heavy atom. The third-order valence-corrected chi connectivity index (χ3v) is 5.59. The molecule has 1 aliphatic heterocycles. The van der Waals surface area contributed by atoms with Gasteiger partial charge in [0.2, 0.25) is 5.91 Å². The van der Waals surface area contributed by atoms with E-state index in [-0.39, 0.29) is 25.5 Å². The van der Waals surface area contributed by atoms with Crippen molar-refractivity contribution < 1.29 is 23.8 Å². The van der Waals surface area contributed by atoms with Gasteiger partial charge >= 0.3 is 5.97 Å². The minimum absolute atomic E-state index is 0.0800. The van der Waals surface area contributed by atoms with Gasteiger partial charge in [-0.25, -0.2) is 0 Å². The molecule has 3 rings (SSSR count). The molecule has 1 fully saturated rings. The molecule has 1 aliphatic rings. The summed E-state index contributed by atoms with van der Waals surface area (Å²) in [6.07, 6.45) is 2.25. The van der Waals surface area contributed by atoms with Gasteiger partial charge in [0, 0.05) is 31.1 Å². The summed E-state index contributed by atoms with van der Waals surface area (Å²) in [5.41, 5.74) is 3.03. The number of aryl methyl sites for hydroxylation is 1. The zero-order chi connectivity index (χ0) is 19.8. The van der Waals surface area contributed by atoms with Gasteiger partial charge in [-0.05, 0) is 42.5 Å². The fourth-order valence-corrected chi connectivity index (χ4v) is 3.99. The van der Waals surface area contributed by atoms with Gasteiger partial charge in [0.25, 0.3) is 0 Å². The molecule has 2 aromatic rings. The molecule has 1 unspecified atom stereocenters. The number of ether oxygens (including phenoxy) is 1. The maximum atomic E-state index is 12.8. The van der Waals surface area contributed by atoms with Crippen LogP contribution in [0.2, 0.25) is 0 Å². The molecule has 0 spiro atoms. The Hall–Kier alpha value is -2.34. The van der Waals surface area contributed by atoms with E-state index in [1.165, 1.54) is 18.2 Å². The summed E-state index contributed by atoms with van der Waals surface area (Å²) in [5, 5.41) is 10.5. The normalized spacial score (nSPS) is 20.0. The lowest BCUT2D eigenvalue weighted by molar-refractivity contribution is -0.151. The van der Waals surface area contributed by atoms with Crippen LogP contribution in [-0.2, 0) is 20.7 Å². The van der Waals surface area contributed by atoms with Crippen molar-refractivity contribution in [1.82, 2.24) is 4.90 Å². The number of aliphatic carboxylic acids is 1. The molecule has 1 saturated heterocycles. The number of rotatable bonds is 6. The number of amides is 1. The van der Waals surface area contributed by atoms with Crippen LogP contribution in [0.15, 0.2) is 22.8 Å². The maximum Gasteiger partial charge on any atom is 0.313 e. The Labute approximate surface area is 159 Å². The summed E-state index contributed by atoms with van der Waals surface area (Å²) in [7, 11) is 1.49. The fourth-order valence-electron chi connectivity index (χ4n) is 3.99. The van der Waals surface area contributed by atoms with Crippen molar-refractivity contribution in [3.63, 3.8) is 0 Å². The number of methoxy groups -OCH3 is 1. The van der Waals surface area contributed by atoms with Crippen molar-refractivity contribution in [2.24, 2.45) is 5.41 Å². The Kier molecular flexibility index (Phi) is 5.29. The molecule has 1 aromatic heterocycles. The zero-order valence-corrected chi connectivity index (χ0v) is 16.4. The largest absolute Gasteiger partial charge is 0.481 e. The predicted molar refractivity (Wildman–Crippen MR) is 102 cm³/mol. The Morgan fingerprint density at radius 2 is 2.11 bits per heavy atom. The van der Waals surface area contributed by atoms with Gasteiger partial charge in [-0.15, -0.1) is 0 Å². The Balaban J connectivity index is 1.81. The van der Waals surface area contributed by atoms with Gasteiger partial charge in [0.15, 0.2) is 0 Å². The van der Waals surface area contributed by atoms with E-state index in [1.54, 1.807) is 11.2 Å². The van der Waals surface area contributed by atoms with Crippen LogP contribution in [0.5, 0.6) is 0 Å². The number of benzene rings is 1. The number of carbonyl (C=O) groups is 2. The van der Waals surface area contributed by atoms with E-state index in [2.05, 4.69) is 26.8 Å². The molecular weight excluding hydrogens is 346 g/mol. The van der Waals surface area contributed by atoms with Crippen molar-refractivity contribution >= 4 is 22.8 Å². The number of likely N-dealkylation sites (tertiary alicyclic amines) is 1. The number of carboxylic acids is 1. The van der Waals surface area contributed by atoms with E-state index < -0.39 is 11.4 Å². The molecule has 6 nitrogen and oxygen atoms in total. The SMILES string of the molecule is COCC1(C(=O)O)CCN(C(=O)Cc2coc3cc(C)c(C(C)C)cc23)C1. The summed E-state index contributed by atoms with van der Waals surface area (Å²) in [4.78, 5) is 26.1. The molecule has 0 radical (unpaired) electrons. The molecule has 0 bridgehead atoms. The number of carbonyl (C=O) groups excluding carboxylic acids is 1. The first-order valence-electron chi connectivity index (χ1n) is 9.28. The average Bonchev–Trinajstić information content (AvgIpc) is 3.20. The van der Waals surface area contributed by atoms with Gasteiger partial charge in [-0.2, -0.15) is 0 Å². The number of nitrogens with zero attached hydrogens (tertiary/aromatic N) is 1. The molecular formula is C21H27NO5. The third kappa shape index (κ3) is 3.58. The monoisotopic (exact) mass is 373 g/mol. The molecule has 1 atom stereocenters. The van der Waals surface area contributed by atoms with E-state index in [1.807, 2.05) is 6.07 Å². The standard InChI is InChI=1S/C21H27NO5/c1-13(2)16-9-17-15(10-27-18(17)7-14(16)3)8-19(23)22-6-5-21(11-22,12-26-4)20(24)25/h7,9-10,13H,5-6,8,11-12H2,1-4H3,(H,24,25). The molecule has 27 heavy (non-hydrogen) atoms. The van der Waals surface area contributed by atoms with E-state index in [0.717, 1.165) is 16.5 Å². The van der Waals surface area contributed by atoms with Crippen molar-refractivity contribution in [1.29, 1.82) is 0 Å². The minimum Gasteiger partial charge on any atom is -0.481 e. The van der Waals surface area contributed by atoms with Crippen molar-refractivity contribution in [3.05, 3.63) is 35.1 Å². The summed E-state index contributed by atoms with van der Waals surface area (Å²) < 4.78 is 10.8. The highest BCUT2D eigenvalue weighted by molar-refractivity contribution is 5.89. The smallest absolute Gasteiger partial charge is 0.313 e. The van der Waals surface area contributed by atoms with Crippen LogP contribution >= 0.6 is 0 Å². The number of fused-ring (bicyclic) bond motifs is 1. The molecule has 1 amide bonds. The van der Waals surface area contributed by atoms with E-state index in [9.17, 15) is 14.7 Å². The molecule has 2 heterocycles. The van der Waals surface area contributed by atoms with Crippen LogP contribution in [0.4, 0.5) is 0 Å². The first-order valence-corrected chi connectivity index (χ1v) is 9.28. The third-order valence-electron chi connectivity index (χ3n) is 5.59. The van der Waals surface area contributed by atoms with Crippen LogP contribution in [0.25, 0.3) is 11.0 Å². The first kappa shape index (κ1) is 19.4.